The molecular weight excluding hydrogens is 358 g/mol. The number of anilines is 1. The molecule has 0 saturated carbocycles. The molecule has 0 fully saturated rings. The van der Waals surface area contributed by atoms with Gasteiger partial charge in [0.15, 0.2) is 0 Å². The summed E-state index contributed by atoms with van der Waals surface area (Å²) in [6, 6.07) is 4.20. The van der Waals surface area contributed by atoms with Crippen LogP contribution in [0.5, 0.6) is 0 Å². The molecule has 0 unspecified atom stereocenters. The van der Waals surface area contributed by atoms with Gasteiger partial charge in [-0.1, -0.05) is 11.6 Å². The number of carboxylic acid groups (broad SMARTS) is 1. The van der Waals surface area contributed by atoms with E-state index in [9.17, 15) is 14.4 Å². The first-order chi connectivity index (χ1) is 11.8. The largest absolute Gasteiger partial charge is 0.481 e. The van der Waals surface area contributed by atoms with Crippen molar-refractivity contribution in [1.82, 2.24) is 10.6 Å². The number of rotatable bonds is 6. The van der Waals surface area contributed by atoms with Crippen molar-refractivity contribution in [3.05, 3.63) is 28.8 Å². The molecule has 4 N–H and O–H groups in total. The van der Waals surface area contributed by atoms with Gasteiger partial charge in [-0.25, -0.2) is 4.79 Å². The van der Waals surface area contributed by atoms with Crippen LogP contribution in [0.25, 0.3) is 0 Å². The van der Waals surface area contributed by atoms with E-state index in [1.165, 1.54) is 12.1 Å². The fraction of sp³-hybridized carbons (Fsp3) is 0.500. The van der Waals surface area contributed by atoms with Gasteiger partial charge in [0.1, 0.15) is 0 Å². The first kappa shape index (κ1) is 21.8. The number of carboxylic acids is 1. The Morgan fingerprint density at radius 3 is 2.23 bits per heavy atom. The second-order valence-corrected chi connectivity index (χ2v) is 8.16. The summed E-state index contributed by atoms with van der Waals surface area (Å²) in [6.45, 7) is 9.03. The van der Waals surface area contributed by atoms with Gasteiger partial charge < -0.3 is 21.1 Å². The first-order valence-corrected chi connectivity index (χ1v) is 8.60. The topological polar surface area (TPSA) is 108 Å². The molecule has 144 valence electrons. The molecule has 1 aromatic carbocycles. The third kappa shape index (κ3) is 7.74. The zero-order chi connectivity index (χ0) is 20.1. The third-order valence-corrected chi connectivity index (χ3v) is 3.70. The fourth-order valence-electron chi connectivity index (χ4n) is 2.14. The van der Waals surface area contributed by atoms with Crippen LogP contribution in [-0.4, -0.2) is 34.1 Å². The lowest BCUT2D eigenvalue weighted by atomic mass is 9.97. The Labute approximate surface area is 158 Å². The van der Waals surface area contributed by atoms with Crippen molar-refractivity contribution in [2.45, 2.75) is 58.5 Å². The molecule has 1 aromatic rings. The maximum Gasteiger partial charge on any atom is 0.319 e. The quantitative estimate of drug-likeness (QED) is 0.601. The van der Waals surface area contributed by atoms with Crippen LogP contribution in [0.3, 0.4) is 0 Å². The standard InChI is InChI=1S/C18H26ClN3O4/c1-17(2,3)22-16(26)20-11-6-7-13(19)12(10-11)15(25)21-18(4,5)9-8-14(23)24/h6-7,10H,8-9H2,1-5H3,(H,21,25)(H,23,24)(H2,20,22,26). The van der Waals surface area contributed by atoms with E-state index in [1.807, 2.05) is 20.8 Å². The van der Waals surface area contributed by atoms with Crippen LogP contribution in [0.15, 0.2) is 18.2 Å². The molecule has 0 heterocycles. The van der Waals surface area contributed by atoms with Gasteiger partial charge in [0.25, 0.3) is 5.91 Å². The summed E-state index contributed by atoms with van der Waals surface area (Å²) in [4.78, 5) is 35.2. The number of carbonyl (C=O) groups is 3. The van der Waals surface area contributed by atoms with Gasteiger partial charge in [-0.05, 0) is 59.2 Å². The number of benzene rings is 1. The van der Waals surface area contributed by atoms with E-state index < -0.39 is 29.0 Å². The number of amides is 3. The van der Waals surface area contributed by atoms with E-state index in [0.717, 1.165) is 0 Å². The Morgan fingerprint density at radius 1 is 1.08 bits per heavy atom. The van der Waals surface area contributed by atoms with Gasteiger partial charge >= 0.3 is 12.0 Å². The smallest absolute Gasteiger partial charge is 0.319 e. The van der Waals surface area contributed by atoms with Crippen molar-refractivity contribution in [3.8, 4) is 0 Å². The van der Waals surface area contributed by atoms with Gasteiger partial charge in [0.2, 0.25) is 0 Å². The summed E-state index contributed by atoms with van der Waals surface area (Å²) in [5.74, 6) is -1.37. The van der Waals surface area contributed by atoms with Crippen LogP contribution < -0.4 is 16.0 Å². The Bertz CT molecular complexity index is 696. The highest BCUT2D eigenvalue weighted by molar-refractivity contribution is 6.34. The van der Waals surface area contributed by atoms with Crippen LogP contribution in [0.1, 0.15) is 57.8 Å². The van der Waals surface area contributed by atoms with Crippen LogP contribution >= 0.6 is 11.6 Å². The summed E-state index contributed by atoms with van der Waals surface area (Å²) in [6.07, 6.45) is 0.215. The Morgan fingerprint density at radius 2 is 1.69 bits per heavy atom. The SMILES string of the molecule is CC(C)(C)NC(=O)Nc1ccc(Cl)c(C(=O)NC(C)(C)CCC(=O)O)c1. The molecular formula is C18H26ClN3O4. The molecule has 3 amide bonds. The summed E-state index contributed by atoms with van der Waals surface area (Å²) >= 11 is 6.11. The van der Waals surface area contributed by atoms with Crippen LogP contribution in [0.4, 0.5) is 10.5 Å². The zero-order valence-corrected chi connectivity index (χ0v) is 16.5. The molecule has 7 nitrogen and oxygen atoms in total. The van der Waals surface area contributed by atoms with Crippen molar-refractivity contribution in [2.75, 3.05) is 5.32 Å². The lowest BCUT2D eigenvalue weighted by molar-refractivity contribution is -0.137. The molecule has 1 rings (SSSR count). The number of urea groups is 1. The Kier molecular flexibility index (Phi) is 7.03. The molecule has 26 heavy (non-hydrogen) atoms. The van der Waals surface area contributed by atoms with Gasteiger partial charge in [-0.3, -0.25) is 9.59 Å². The average Bonchev–Trinajstić information content (AvgIpc) is 2.44. The lowest BCUT2D eigenvalue weighted by Crippen LogP contribution is -2.44. The highest BCUT2D eigenvalue weighted by Crippen LogP contribution is 2.22. The van der Waals surface area contributed by atoms with Gasteiger partial charge in [0.05, 0.1) is 10.6 Å². The molecule has 8 heteroatoms. The maximum absolute atomic E-state index is 12.5. The summed E-state index contributed by atoms with van der Waals surface area (Å²) in [5, 5.41) is 17.2. The fourth-order valence-corrected chi connectivity index (χ4v) is 2.34. The molecule has 0 saturated heterocycles. The summed E-state index contributed by atoms with van der Waals surface area (Å²) in [7, 11) is 0. The average molecular weight is 384 g/mol. The minimum atomic E-state index is -0.929. The second-order valence-electron chi connectivity index (χ2n) is 7.76. The Balaban J connectivity index is 2.87. The highest BCUT2D eigenvalue weighted by Gasteiger charge is 2.24. The van der Waals surface area contributed by atoms with Crippen molar-refractivity contribution >= 4 is 35.2 Å². The predicted octanol–water partition coefficient (Wildman–Crippen LogP) is 3.63. The number of hydrogen-bond acceptors (Lipinski definition) is 3. The number of aliphatic carboxylic acids is 1. The predicted molar refractivity (Wildman–Crippen MR) is 102 cm³/mol. The molecule has 0 spiro atoms. The Hall–Kier alpha value is -2.28. The van der Waals surface area contributed by atoms with Gasteiger partial charge in [-0.15, -0.1) is 0 Å². The van der Waals surface area contributed by atoms with E-state index in [4.69, 9.17) is 16.7 Å². The van der Waals surface area contributed by atoms with Crippen molar-refractivity contribution in [3.63, 3.8) is 0 Å². The van der Waals surface area contributed by atoms with E-state index in [2.05, 4.69) is 16.0 Å². The molecule has 0 atom stereocenters. The molecule has 0 aliphatic heterocycles. The highest BCUT2D eigenvalue weighted by atomic mass is 35.5. The number of halogens is 1. The number of nitrogens with one attached hydrogen (secondary N) is 3. The molecule has 0 bridgehead atoms. The monoisotopic (exact) mass is 383 g/mol. The van der Waals surface area contributed by atoms with Crippen molar-refractivity contribution in [2.24, 2.45) is 0 Å². The van der Waals surface area contributed by atoms with Crippen molar-refractivity contribution in [1.29, 1.82) is 0 Å². The minimum Gasteiger partial charge on any atom is -0.481 e. The zero-order valence-electron chi connectivity index (χ0n) is 15.7. The molecule has 0 aromatic heterocycles. The number of hydrogen-bond donors (Lipinski definition) is 4. The van der Waals surface area contributed by atoms with E-state index >= 15 is 0 Å². The normalized spacial score (nSPS) is 11.6. The van der Waals surface area contributed by atoms with E-state index in [1.54, 1.807) is 19.9 Å². The number of carbonyl (C=O) groups excluding carboxylic acids is 2. The first-order valence-electron chi connectivity index (χ1n) is 8.22. The second kappa shape index (κ2) is 8.40. The summed E-state index contributed by atoms with van der Waals surface area (Å²) < 4.78 is 0. The van der Waals surface area contributed by atoms with Gasteiger partial charge in [-0.2, -0.15) is 0 Å². The van der Waals surface area contributed by atoms with Crippen LogP contribution in [0.2, 0.25) is 5.02 Å². The lowest BCUT2D eigenvalue weighted by Gasteiger charge is -2.26. The molecule has 0 radical (unpaired) electrons. The maximum atomic E-state index is 12.5. The minimum absolute atomic E-state index is 0.0599. The van der Waals surface area contributed by atoms with E-state index in [0.29, 0.717) is 5.69 Å². The van der Waals surface area contributed by atoms with Crippen LogP contribution in [0, 0.1) is 0 Å². The van der Waals surface area contributed by atoms with Crippen molar-refractivity contribution < 1.29 is 19.5 Å². The summed E-state index contributed by atoms with van der Waals surface area (Å²) in [5.41, 5.74) is -0.496. The van der Waals surface area contributed by atoms with Gasteiger partial charge in [0, 0.05) is 23.2 Å². The third-order valence-electron chi connectivity index (χ3n) is 3.37. The van der Waals surface area contributed by atoms with Crippen LogP contribution in [-0.2, 0) is 4.79 Å². The molecule has 0 aliphatic carbocycles. The van der Waals surface area contributed by atoms with E-state index in [-0.39, 0.29) is 23.4 Å². The molecule has 0 aliphatic rings.